The van der Waals surface area contributed by atoms with Crippen LogP contribution in [0.15, 0.2) is 18.2 Å². The van der Waals surface area contributed by atoms with E-state index in [1.54, 1.807) is 0 Å². The standard InChI is InChI=1S/C18H28N2O/c1-5-10-19-16-12-14(4)8-9-15(16)18(21)20-11-6-7-17(20)13(2)3/h8-9,12-13,17,19H,5-7,10-11H2,1-4H3. The molecule has 1 heterocycles. The van der Waals surface area contributed by atoms with E-state index in [0.717, 1.165) is 43.6 Å². The molecule has 0 aliphatic carbocycles. The Morgan fingerprint density at radius 3 is 2.86 bits per heavy atom. The fraction of sp³-hybridized carbons (Fsp3) is 0.611. The van der Waals surface area contributed by atoms with Crippen molar-refractivity contribution in [3.8, 4) is 0 Å². The molecule has 1 saturated heterocycles. The smallest absolute Gasteiger partial charge is 0.256 e. The highest BCUT2D eigenvalue weighted by atomic mass is 16.2. The molecule has 21 heavy (non-hydrogen) atoms. The van der Waals surface area contributed by atoms with Gasteiger partial charge in [-0.05, 0) is 49.8 Å². The number of nitrogens with one attached hydrogen (secondary N) is 1. The third-order valence-corrected chi connectivity index (χ3v) is 4.30. The fourth-order valence-electron chi connectivity index (χ4n) is 3.14. The molecule has 116 valence electrons. The molecule has 1 N–H and O–H groups in total. The van der Waals surface area contributed by atoms with Crippen molar-refractivity contribution in [2.24, 2.45) is 5.92 Å². The number of benzene rings is 1. The predicted octanol–water partition coefficient (Wildman–Crippen LogP) is 4.08. The molecular weight excluding hydrogens is 260 g/mol. The predicted molar refractivity (Wildman–Crippen MR) is 88.9 cm³/mol. The van der Waals surface area contributed by atoms with E-state index in [1.165, 1.54) is 5.56 Å². The fourth-order valence-corrected chi connectivity index (χ4v) is 3.14. The minimum absolute atomic E-state index is 0.185. The summed E-state index contributed by atoms with van der Waals surface area (Å²) in [5.41, 5.74) is 2.99. The SMILES string of the molecule is CCCNc1cc(C)ccc1C(=O)N1CCCC1C(C)C. The molecule has 1 aromatic rings. The van der Waals surface area contributed by atoms with Gasteiger partial charge in [-0.25, -0.2) is 0 Å². The maximum absolute atomic E-state index is 12.9. The third-order valence-electron chi connectivity index (χ3n) is 4.30. The van der Waals surface area contributed by atoms with E-state index in [0.29, 0.717) is 12.0 Å². The summed E-state index contributed by atoms with van der Waals surface area (Å²) in [5, 5.41) is 3.40. The number of hydrogen-bond acceptors (Lipinski definition) is 2. The zero-order chi connectivity index (χ0) is 15.4. The summed E-state index contributed by atoms with van der Waals surface area (Å²) in [6.07, 6.45) is 3.31. The van der Waals surface area contributed by atoms with Crippen molar-refractivity contribution in [1.29, 1.82) is 0 Å². The number of rotatable bonds is 5. The molecule has 0 saturated carbocycles. The Labute approximate surface area is 128 Å². The topological polar surface area (TPSA) is 32.3 Å². The average molecular weight is 288 g/mol. The second-order valence-electron chi connectivity index (χ2n) is 6.43. The van der Waals surface area contributed by atoms with Gasteiger partial charge in [-0.1, -0.05) is 26.8 Å². The lowest BCUT2D eigenvalue weighted by molar-refractivity contribution is 0.0702. The monoisotopic (exact) mass is 288 g/mol. The van der Waals surface area contributed by atoms with Crippen LogP contribution in [0.2, 0.25) is 0 Å². The minimum Gasteiger partial charge on any atom is -0.384 e. The molecule has 0 bridgehead atoms. The lowest BCUT2D eigenvalue weighted by Crippen LogP contribution is -2.38. The van der Waals surface area contributed by atoms with Gasteiger partial charge in [-0.15, -0.1) is 0 Å². The Bertz CT molecular complexity index is 496. The van der Waals surface area contributed by atoms with E-state index in [-0.39, 0.29) is 5.91 Å². The van der Waals surface area contributed by atoms with Crippen molar-refractivity contribution in [3.63, 3.8) is 0 Å². The molecule has 3 nitrogen and oxygen atoms in total. The van der Waals surface area contributed by atoms with Gasteiger partial charge in [0.1, 0.15) is 0 Å². The van der Waals surface area contributed by atoms with Crippen LogP contribution in [0.5, 0.6) is 0 Å². The molecule has 2 rings (SSSR count). The number of carbonyl (C=O) groups excluding carboxylic acids is 1. The molecule has 1 amide bonds. The van der Waals surface area contributed by atoms with E-state index in [4.69, 9.17) is 0 Å². The van der Waals surface area contributed by atoms with Crippen molar-refractivity contribution in [3.05, 3.63) is 29.3 Å². The maximum Gasteiger partial charge on any atom is 0.256 e. The molecule has 0 aromatic heterocycles. The number of nitrogens with zero attached hydrogens (tertiary/aromatic N) is 1. The van der Waals surface area contributed by atoms with Crippen molar-refractivity contribution < 1.29 is 4.79 Å². The van der Waals surface area contributed by atoms with Crippen LogP contribution in [0.3, 0.4) is 0 Å². The number of hydrogen-bond donors (Lipinski definition) is 1. The maximum atomic E-state index is 12.9. The highest BCUT2D eigenvalue weighted by molar-refractivity contribution is 6.00. The summed E-state index contributed by atoms with van der Waals surface area (Å²) in [5.74, 6) is 0.707. The zero-order valence-corrected chi connectivity index (χ0v) is 13.8. The van der Waals surface area contributed by atoms with Crippen molar-refractivity contribution >= 4 is 11.6 Å². The number of aryl methyl sites for hydroxylation is 1. The number of likely N-dealkylation sites (tertiary alicyclic amines) is 1. The molecule has 1 atom stereocenters. The second kappa shape index (κ2) is 6.97. The van der Waals surface area contributed by atoms with Gasteiger partial charge < -0.3 is 10.2 Å². The first-order chi connectivity index (χ1) is 10.0. The zero-order valence-electron chi connectivity index (χ0n) is 13.8. The Kier molecular flexibility index (Phi) is 5.27. The lowest BCUT2D eigenvalue weighted by Gasteiger charge is -2.28. The van der Waals surface area contributed by atoms with Gasteiger partial charge in [-0.3, -0.25) is 4.79 Å². The summed E-state index contributed by atoms with van der Waals surface area (Å²) in [4.78, 5) is 15.0. The van der Waals surface area contributed by atoms with Crippen LogP contribution in [0.4, 0.5) is 5.69 Å². The van der Waals surface area contributed by atoms with Crippen LogP contribution < -0.4 is 5.32 Å². The van der Waals surface area contributed by atoms with Crippen molar-refractivity contribution in [2.45, 2.75) is 53.0 Å². The van der Waals surface area contributed by atoms with E-state index < -0.39 is 0 Å². The highest BCUT2D eigenvalue weighted by Crippen LogP contribution is 2.28. The van der Waals surface area contributed by atoms with Crippen LogP contribution in [0.1, 0.15) is 56.0 Å². The number of anilines is 1. The Hall–Kier alpha value is -1.51. The van der Waals surface area contributed by atoms with Crippen LogP contribution in [-0.4, -0.2) is 29.9 Å². The molecule has 1 aliphatic rings. The van der Waals surface area contributed by atoms with E-state index >= 15 is 0 Å². The molecule has 1 fully saturated rings. The summed E-state index contributed by atoms with van der Waals surface area (Å²) < 4.78 is 0. The number of amides is 1. The van der Waals surface area contributed by atoms with Gasteiger partial charge in [0.25, 0.3) is 5.91 Å². The van der Waals surface area contributed by atoms with Gasteiger partial charge in [0.05, 0.1) is 5.56 Å². The van der Waals surface area contributed by atoms with Crippen LogP contribution in [0.25, 0.3) is 0 Å². The van der Waals surface area contributed by atoms with E-state index in [2.05, 4.69) is 44.0 Å². The quantitative estimate of drug-likeness (QED) is 0.885. The van der Waals surface area contributed by atoms with Crippen molar-refractivity contribution in [1.82, 2.24) is 4.90 Å². The largest absolute Gasteiger partial charge is 0.384 e. The van der Waals surface area contributed by atoms with Crippen molar-refractivity contribution in [2.75, 3.05) is 18.4 Å². The normalized spacial score (nSPS) is 18.3. The van der Waals surface area contributed by atoms with Crippen LogP contribution >= 0.6 is 0 Å². The molecule has 0 radical (unpaired) electrons. The number of carbonyl (C=O) groups is 1. The molecule has 1 aromatic carbocycles. The Morgan fingerprint density at radius 1 is 1.43 bits per heavy atom. The summed E-state index contributed by atoms with van der Waals surface area (Å²) in [6.45, 7) is 10.4. The Morgan fingerprint density at radius 2 is 2.19 bits per heavy atom. The average Bonchev–Trinajstić information content (AvgIpc) is 2.94. The first kappa shape index (κ1) is 15.9. The van der Waals surface area contributed by atoms with Gasteiger partial charge in [0.2, 0.25) is 0 Å². The van der Waals surface area contributed by atoms with E-state index in [9.17, 15) is 4.79 Å². The van der Waals surface area contributed by atoms with Gasteiger partial charge >= 0.3 is 0 Å². The molecular formula is C18H28N2O. The van der Waals surface area contributed by atoms with Gasteiger partial charge in [-0.2, -0.15) is 0 Å². The van der Waals surface area contributed by atoms with Gasteiger partial charge in [0.15, 0.2) is 0 Å². The highest BCUT2D eigenvalue weighted by Gasteiger charge is 2.32. The second-order valence-corrected chi connectivity index (χ2v) is 6.43. The first-order valence-electron chi connectivity index (χ1n) is 8.20. The lowest BCUT2D eigenvalue weighted by atomic mass is 10.0. The third kappa shape index (κ3) is 3.58. The van der Waals surface area contributed by atoms with E-state index in [1.807, 2.05) is 12.1 Å². The summed E-state index contributed by atoms with van der Waals surface area (Å²) in [6, 6.07) is 6.48. The van der Waals surface area contributed by atoms with Crippen LogP contribution in [0, 0.1) is 12.8 Å². The first-order valence-corrected chi connectivity index (χ1v) is 8.20. The molecule has 0 spiro atoms. The molecule has 3 heteroatoms. The van der Waals surface area contributed by atoms with Gasteiger partial charge in [0, 0.05) is 24.8 Å². The molecule has 1 unspecified atom stereocenters. The summed E-state index contributed by atoms with van der Waals surface area (Å²) >= 11 is 0. The van der Waals surface area contributed by atoms with Crippen LogP contribution in [-0.2, 0) is 0 Å². The summed E-state index contributed by atoms with van der Waals surface area (Å²) in [7, 11) is 0. The molecule has 1 aliphatic heterocycles. The minimum atomic E-state index is 0.185. The Balaban J connectivity index is 2.25.